The number of hydrogen-bond acceptors (Lipinski definition) is 2. The van der Waals surface area contributed by atoms with Crippen molar-refractivity contribution in [3.8, 4) is 67.3 Å². The van der Waals surface area contributed by atoms with E-state index in [1.54, 1.807) is 0 Å². The summed E-state index contributed by atoms with van der Waals surface area (Å²) in [6.07, 6.45) is 0. The molecule has 2 heterocycles. The fourth-order valence-corrected chi connectivity index (χ4v) is 15.3. The van der Waals surface area contributed by atoms with Gasteiger partial charge in [-0.1, -0.05) is 255 Å². The molecule has 16 aromatic carbocycles. The summed E-state index contributed by atoms with van der Waals surface area (Å²) in [5, 5.41) is 12.2. The molecule has 4 heteroatoms. The van der Waals surface area contributed by atoms with Gasteiger partial charge in [-0.15, -0.1) is 0 Å². The number of aromatic nitrogens is 2. The summed E-state index contributed by atoms with van der Waals surface area (Å²) >= 11 is 0. The average molecular weight is 1250 g/mol. The first-order valence-electron chi connectivity index (χ1n) is 33.8. The number of aryl methyl sites for hydroxylation is 2. The van der Waals surface area contributed by atoms with Crippen LogP contribution in [-0.2, 0) is 0 Å². The number of rotatable bonds is 13. The van der Waals surface area contributed by atoms with Gasteiger partial charge in [-0.25, -0.2) is 0 Å². The highest BCUT2D eigenvalue weighted by molar-refractivity contribution is 6.16. The van der Waals surface area contributed by atoms with E-state index in [1.165, 1.54) is 121 Å². The molecular formula is C94H66N4. The monoisotopic (exact) mass is 1250 g/mol. The molecule has 0 unspecified atom stereocenters. The molecule has 0 saturated carbocycles. The predicted molar refractivity (Wildman–Crippen MR) is 416 cm³/mol. The quantitative estimate of drug-likeness (QED) is 0.107. The van der Waals surface area contributed by atoms with Gasteiger partial charge in [-0.3, -0.25) is 0 Å². The molecule has 0 aliphatic heterocycles. The number of benzene rings is 16. The molecule has 2 aromatic heterocycles. The molecule has 0 bridgehead atoms. The van der Waals surface area contributed by atoms with Gasteiger partial charge < -0.3 is 18.9 Å². The molecule has 0 N–H and O–H groups in total. The summed E-state index contributed by atoms with van der Waals surface area (Å²) in [6.45, 7) is 4.58. The summed E-state index contributed by atoms with van der Waals surface area (Å²) < 4.78 is 4.93. The third-order valence-electron chi connectivity index (χ3n) is 20.0. The average Bonchev–Trinajstić information content (AvgIpc) is 1.37. The van der Waals surface area contributed by atoms with Gasteiger partial charge >= 0.3 is 0 Å². The van der Waals surface area contributed by atoms with Crippen LogP contribution in [0.2, 0.25) is 0 Å². The Hall–Kier alpha value is -12.8. The van der Waals surface area contributed by atoms with Crippen molar-refractivity contribution in [3.05, 3.63) is 375 Å². The molecule has 0 fully saturated rings. The van der Waals surface area contributed by atoms with Crippen LogP contribution in [0.3, 0.4) is 0 Å². The molecule has 0 aliphatic carbocycles. The lowest BCUT2D eigenvalue weighted by Gasteiger charge is -2.28. The summed E-state index contributed by atoms with van der Waals surface area (Å²) in [7, 11) is 0. The van der Waals surface area contributed by atoms with Gasteiger partial charge in [0.1, 0.15) is 0 Å². The van der Waals surface area contributed by atoms with Gasteiger partial charge in [0.2, 0.25) is 0 Å². The maximum atomic E-state index is 2.47. The van der Waals surface area contributed by atoms with Crippen molar-refractivity contribution >= 4 is 99.0 Å². The van der Waals surface area contributed by atoms with Gasteiger partial charge in [0.25, 0.3) is 0 Å². The number of fused-ring (bicyclic) bond motifs is 8. The Morgan fingerprint density at radius 3 is 0.837 bits per heavy atom. The van der Waals surface area contributed by atoms with E-state index in [1.807, 2.05) is 0 Å². The van der Waals surface area contributed by atoms with E-state index >= 15 is 0 Å². The van der Waals surface area contributed by atoms with E-state index in [0.717, 1.165) is 56.5 Å². The van der Waals surface area contributed by atoms with Crippen molar-refractivity contribution < 1.29 is 0 Å². The van der Waals surface area contributed by atoms with Gasteiger partial charge in [0.05, 0.1) is 33.8 Å². The van der Waals surface area contributed by atoms with Crippen molar-refractivity contribution in [1.82, 2.24) is 9.13 Å². The minimum atomic E-state index is 1.07. The lowest BCUT2D eigenvalue weighted by atomic mass is 9.98. The smallest absolute Gasteiger partial charge is 0.0570 e. The van der Waals surface area contributed by atoms with Gasteiger partial charge in [0.15, 0.2) is 0 Å². The summed E-state index contributed by atoms with van der Waals surface area (Å²) in [4.78, 5) is 4.86. The van der Waals surface area contributed by atoms with Crippen molar-refractivity contribution in [1.29, 1.82) is 0 Å². The van der Waals surface area contributed by atoms with E-state index in [4.69, 9.17) is 0 Å². The molecule has 0 aliphatic rings. The van der Waals surface area contributed by atoms with Gasteiger partial charge in [-0.2, -0.15) is 0 Å². The fourth-order valence-electron chi connectivity index (χ4n) is 15.3. The maximum Gasteiger partial charge on any atom is 0.0570 e. The Kier molecular flexibility index (Phi) is 14.3. The zero-order valence-electron chi connectivity index (χ0n) is 54.4. The Bertz CT molecular complexity index is 5640. The second-order valence-corrected chi connectivity index (χ2v) is 25.7. The molecule has 18 rings (SSSR count). The molecular weight excluding hydrogens is 1190 g/mol. The first-order valence-corrected chi connectivity index (χ1v) is 33.8. The lowest BCUT2D eigenvalue weighted by molar-refractivity contribution is 1.12. The molecule has 0 atom stereocenters. The Morgan fingerprint density at radius 1 is 0.204 bits per heavy atom. The Balaban J connectivity index is 0.737. The minimum Gasteiger partial charge on any atom is -0.310 e. The first kappa shape index (κ1) is 57.9. The van der Waals surface area contributed by atoms with Gasteiger partial charge in [0, 0.05) is 55.7 Å². The van der Waals surface area contributed by atoms with Crippen LogP contribution < -0.4 is 9.80 Å². The molecule has 0 spiro atoms. The largest absolute Gasteiger partial charge is 0.310 e. The topological polar surface area (TPSA) is 16.3 Å². The van der Waals surface area contributed by atoms with Crippen molar-refractivity contribution in [2.75, 3.05) is 9.80 Å². The minimum absolute atomic E-state index is 1.07. The maximum absolute atomic E-state index is 2.47. The van der Waals surface area contributed by atoms with Crippen LogP contribution in [0.4, 0.5) is 34.1 Å². The molecule has 4 nitrogen and oxygen atoms in total. The van der Waals surface area contributed by atoms with Crippen LogP contribution in [0.1, 0.15) is 11.1 Å². The van der Waals surface area contributed by atoms with E-state index < -0.39 is 0 Å². The second-order valence-electron chi connectivity index (χ2n) is 25.7. The summed E-state index contributed by atoms with van der Waals surface area (Å²) in [6, 6.07) is 133. The highest BCUT2D eigenvalue weighted by Gasteiger charge is 2.25. The zero-order chi connectivity index (χ0) is 65.2. The summed E-state index contributed by atoms with van der Waals surface area (Å²) in [5.41, 5.74) is 25.3. The van der Waals surface area contributed by atoms with E-state index in [-0.39, 0.29) is 0 Å². The van der Waals surface area contributed by atoms with Crippen LogP contribution in [0.25, 0.3) is 132 Å². The SMILES string of the molecule is Cc1c(-c2ccccc2)n(-c2ccc(N(c3ccc(-c4ccccc4)cc3)c3cc4ccccc4c4ccccc34)cc2)c2ccc(-c3ccc4c(c3)c(C)c(-c3ccccc3)n4-c3ccc(N(c4ccc(-c5ccccc5)cc4)c4cc5ccccc5c5ccccc45)cc3)cc12. The molecule has 462 valence electrons. The summed E-state index contributed by atoms with van der Waals surface area (Å²) in [5.74, 6) is 0. The van der Waals surface area contributed by atoms with Crippen LogP contribution in [0.15, 0.2) is 364 Å². The highest BCUT2D eigenvalue weighted by atomic mass is 15.2. The highest BCUT2D eigenvalue weighted by Crippen LogP contribution is 2.47. The van der Waals surface area contributed by atoms with Crippen molar-refractivity contribution in [2.45, 2.75) is 13.8 Å². The standard InChI is InChI=1S/C94H66N4/c1-63-87-59-71(43-57-89(87)97(93(63)69-27-11-5-12-28-69)79-53-49-77(50-54-79)95(75-45-39-67(40-46-75)65-23-7-3-8-24-65)91-61-73-31-15-17-33-81(73)83-35-19-21-37-85(83)91)72-44-58-90-88(60-72)64(2)94(70-29-13-6-14-30-70)98(90)80-55-51-78(52-56-80)96(76-47-41-68(42-48-76)66-25-9-4-10-26-66)92-62-74-32-16-18-34-82(74)84-36-20-22-38-86(84)92/h3-62H,1-2H3. The lowest BCUT2D eigenvalue weighted by Crippen LogP contribution is -2.11. The normalized spacial score (nSPS) is 11.6. The predicted octanol–water partition coefficient (Wildman–Crippen LogP) is 26.1. The van der Waals surface area contributed by atoms with Crippen molar-refractivity contribution in [3.63, 3.8) is 0 Å². The fraction of sp³-hybridized carbons (Fsp3) is 0.0213. The van der Waals surface area contributed by atoms with Crippen LogP contribution in [0, 0.1) is 13.8 Å². The van der Waals surface area contributed by atoms with E-state index in [2.05, 4.69) is 397 Å². The number of hydrogen-bond donors (Lipinski definition) is 0. The van der Waals surface area contributed by atoms with E-state index in [9.17, 15) is 0 Å². The van der Waals surface area contributed by atoms with Crippen LogP contribution in [-0.4, -0.2) is 9.13 Å². The molecule has 0 saturated heterocycles. The molecule has 98 heavy (non-hydrogen) atoms. The van der Waals surface area contributed by atoms with Crippen LogP contribution >= 0.6 is 0 Å². The Labute approximate surface area is 570 Å². The molecule has 18 aromatic rings. The van der Waals surface area contributed by atoms with Gasteiger partial charge in [-0.05, 0) is 211 Å². The second kappa shape index (κ2) is 24.2. The first-order chi connectivity index (χ1) is 48.5. The number of nitrogens with zero attached hydrogens (tertiary/aromatic N) is 4. The van der Waals surface area contributed by atoms with Crippen molar-refractivity contribution in [2.24, 2.45) is 0 Å². The number of anilines is 6. The molecule has 0 amide bonds. The Morgan fingerprint density at radius 2 is 0.480 bits per heavy atom. The van der Waals surface area contributed by atoms with E-state index in [0.29, 0.717) is 0 Å². The third kappa shape index (κ3) is 10.0. The third-order valence-corrected chi connectivity index (χ3v) is 20.0. The molecule has 0 radical (unpaired) electrons. The zero-order valence-corrected chi connectivity index (χ0v) is 54.4. The van der Waals surface area contributed by atoms with Crippen LogP contribution in [0.5, 0.6) is 0 Å².